The number of ether oxygens (including phenoxy) is 3. The number of carbonyl (C=O) groups excluding carboxylic acids is 2. The highest BCUT2D eigenvalue weighted by molar-refractivity contribution is 6.01. The number of fused-ring (bicyclic) bond motifs is 1. The van der Waals surface area contributed by atoms with Crippen LogP contribution in [-0.4, -0.2) is 37.4 Å². The Bertz CT molecular complexity index is 1530. The number of nitrogen functional groups attached to an aromatic ring is 1. The molecule has 9 nitrogen and oxygen atoms in total. The van der Waals surface area contributed by atoms with Crippen LogP contribution in [-0.2, 0) is 14.3 Å². The van der Waals surface area contributed by atoms with E-state index >= 15 is 0 Å². The summed E-state index contributed by atoms with van der Waals surface area (Å²) in [6, 6.07) is 25.1. The van der Waals surface area contributed by atoms with E-state index in [1.54, 1.807) is 48.5 Å². The van der Waals surface area contributed by atoms with Crippen LogP contribution >= 0.6 is 0 Å². The Kier molecular flexibility index (Phi) is 9.80. The minimum Gasteiger partial charge on any atom is -0.504 e. The average molecular weight is 556 g/mol. The van der Waals surface area contributed by atoms with Crippen LogP contribution in [0.25, 0.3) is 10.8 Å². The summed E-state index contributed by atoms with van der Waals surface area (Å²) >= 11 is 0. The largest absolute Gasteiger partial charge is 0.504 e. The molecule has 2 atom stereocenters. The van der Waals surface area contributed by atoms with Crippen molar-refractivity contribution in [3.8, 4) is 11.5 Å². The lowest BCUT2D eigenvalue weighted by Gasteiger charge is -2.27. The van der Waals surface area contributed by atoms with Gasteiger partial charge in [0.15, 0.2) is 17.6 Å². The number of hydrogen-bond acceptors (Lipinski definition) is 7. The first kappa shape index (κ1) is 29.0. The fourth-order valence-corrected chi connectivity index (χ4v) is 4.46. The molecule has 41 heavy (non-hydrogen) atoms. The number of methoxy groups -OCH3 is 2. The fourth-order valence-electron chi connectivity index (χ4n) is 4.46. The van der Waals surface area contributed by atoms with Crippen molar-refractivity contribution >= 4 is 39.8 Å². The molecule has 0 saturated carbocycles. The maximum absolute atomic E-state index is 13.1. The van der Waals surface area contributed by atoms with Crippen LogP contribution in [0.4, 0.5) is 21.9 Å². The third kappa shape index (κ3) is 7.55. The van der Waals surface area contributed by atoms with Crippen LogP contribution in [0.2, 0.25) is 0 Å². The van der Waals surface area contributed by atoms with Gasteiger partial charge in [0.05, 0.1) is 30.3 Å². The van der Waals surface area contributed by atoms with E-state index in [4.69, 9.17) is 19.9 Å². The molecule has 0 aliphatic heterocycles. The molecule has 4 aromatic rings. The number of anilines is 3. The van der Waals surface area contributed by atoms with Gasteiger partial charge in [0, 0.05) is 12.5 Å². The highest BCUT2D eigenvalue weighted by atomic mass is 16.6. The zero-order chi connectivity index (χ0) is 29.2. The molecular formula is C32H33N3O6. The number of nitrogens with two attached hydrogens (primary N) is 1. The molecule has 0 aliphatic carbocycles. The first-order valence-corrected chi connectivity index (χ1v) is 13.1. The molecule has 0 fully saturated rings. The van der Waals surface area contributed by atoms with E-state index < -0.39 is 18.3 Å². The van der Waals surface area contributed by atoms with Gasteiger partial charge in [-0.3, -0.25) is 10.1 Å². The molecule has 0 spiro atoms. The predicted molar refractivity (Wildman–Crippen MR) is 160 cm³/mol. The summed E-state index contributed by atoms with van der Waals surface area (Å²) < 4.78 is 16.8. The maximum atomic E-state index is 13.1. The van der Waals surface area contributed by atoms with Crippen molar-refractivity contribution < 1.29 is 28.9 Å². The van der Waals surface area contributed by atoms with Crippen molar-refractivity contribution in [3.63, 3.8) is 0 Å². The molecule has 0 aromatic heterocycles. The molecule has 0 heterocycles. The predicted octanol–water partition coefficient (Wildman–Crippen LogP) is 6.42. The Morgan fingerprint density at radius 2 is 1.66 bits per heavy atom. The van der Waals surface area contributed by atoms with Crippen LogP contribution < -0.4 is 21.1 Å². The molecular weight excluding hydrogens is 522 g/mol. The summed E-state index contributed by atoms with van der Waals surface area (Å²) in [5.41, 5.74) is 8.01. The number of amides is 2. The summed E-state index contributed by atoms with van der Waals surface area (Å²) in [6.45, 7) is 0. The highest BCUT2D eigenvalue weighted by Gasteiger charge is 2.28. The first-order valence-electron chi connectivity index (χ1n) is 13.1. The number of phenols is 1. The number of carbonyl (C=O) groups is 2. The number of phenolic OH excluding ortho intramolecular Hbond substituents is 1. The van der Waals surface area contributed by atoms with E-state index in [-0.39, 0.29) is 17.4 Å². The number of benzene rings is 4. The van der Waals surface area contributed by atoms with E-state index in [9.17, 15) is 14.7 Å². The Balaban J connectivity index is 1.48. The second kappa shape index (κ2) is 13.9. The number of nitrogens with one attached hydrogen (secondary N) is 2. The first-order chi connectivity index (χ1) is 19.9. The SMILES string of the molecule is COc1ccc([C@H](OC(=O)Nc2cccc3ccccc23)[C@H](CC/C=C/C(=O)Nc2ccccc2N)OC)cc1O. The summed E-state index contributed by atoms with van der Waals surface area (Å²) in [6.07, 6.45) is 1.83. The normalized spacial score (nSPS) is 12.5. The lowest BCUT2D eigenvalue weighted by atomic mass is 9.99. The second-order valence-electron chi connectivity index (χ2n) is 9.24. The number of para-hydroxylation sites is 2. The average Bonchev–Trinajstić information content (AvgIpc) is 2.97. The minimum atomic E-state index is -0.877. The van der Waals surface area contributed by atoms with Crippen molar-refractivity contribution in [1.82, 2.24) is 0 Å². The van der Waals surface area contributed by atoms with Gasteiger partial charge in [0.25, 0.3) is 0 Å². The van der Waals surface area contributed by atoms with Gasteiger partial charge in [0.1, 0.15) is 0 Å². The van der Waals surface area contributed by atoms with E-state index in [0.29, 0.717) is 35.5 Å². The standard InChI is InChI=1S/C32H33N3O6/c1-39-28-19-18-22(20-27(28)36)31(41-32(38)35-25-15-9-11-21-10-3-4-12-23(21)25)29(40-2)16-7-8-17-30(37)34-26-14-6-5-13-24(26)33/h3-6,8-15,17-20,29,31,36H,7,16,33H2,1-2H3,(H,34,37)(H,35,38)/b17-8+/t29-,31-/m0/s1. The Hall–Kier alpha value is -5.02. The quantitative estimate of drug-likeness (QED) is 0.124. The summed E-state index contributed by atoms with van der Waals surface area (Å²) in [4.78, 5) is 25.5. The third-order valence-corrected chi connectivity index (χ3v) is 6.54. The Labute approximate surface area is 238 Å². The van der Waals surface area contributed by atoms with Gasteiger partial charge >= 0.3 is 6.09 Å². The highest BCUT2D eigenvalue weighted by Crippen LogP contribution is 2.34. The molecule has 2 amide bonds. The number of rotatable bonds is 11. The molecule has 212 valence electrons. The molecule has 0 radical (unpaired) electrons. The van der Waals surface area contributed by atoms with Gasteiger partial charge < -0.3 is 30.4 Å². The Morgan fingerprint density at radius 1 is 0.927 bits per heavy atom. The second-order valence-corrected chi connectivity index (χ2v) is 9.24. The summed E-state index contributed by atoms with van der Waals surface area (Å²) in [7, 11) is 2.97. The van der Waals surface area contributed by atoms with Crippen molar-refractivity contribution in [2.75, 3.05) is 30.6 Å². The van der Waals surface area contributed by atoms with Crippen LogP contribution in [0.3, 0.4) is 0 Å². The number of aromatic hydroxyl groups is 1. The monoisotopic (exact) mass is 555 g/mol. The van der Waals surface area contributed by atoms with Crippen molar-refractivity contribution in [3.05, 3.63) is 103 Å². The zero-order valence-corrected chi connectivity index (χ0v) is 22.9. The topological polar surface area (TPSA) is 132 Å². The molecule has 5 N–H and O–H groups in total. The van der Waals surface area contributed by atoms with Gasteiger partial charge in [-0.15, -0.1) is 0 Å². The van der Waals surface area contributed by atoms with Crippen LogP contribution in [0.1, 0.15) is 24.5 Å². The molecule has 0 saturated heterocycles. The number of allylic oxidation sites excluding steroid dienone is 1. The lowest BCUT2D eigenvalue weighted by molar-refractivity contribution is -0.111. The molecule has 4 aromatic carbocycles. The van der Waals surface area contributed by atoms with Gasteiger partial charge in [-0.05, 0) is 60.2 Å². The van der Waals surface area contributed by atoms with Gasteiger partial charge in [0.2, 0.25) is 5.91 Å². The zero-order valence-electron chi connectivity index (χ0n) is 22.9. The van der Waals surface area contributed by atoms with Gasteiger partial charge in [-0.1, -0.05) is 60.7 Å². The van der Waals surface area contributed by atoms with Crippen LogP contribution in [0, 0.1) is 0 Å². The molecule has 0 bridgehead atoms. The summed E-state index contributed by atoms with van der Waals surface area (Å²) in [5.74, 6) is -0.131. The van der Waals surface area contributed by atoms with Crippen molar-refractivity contribution in [2.45, 2.75) is 25.0 Å². The van der Waals surface area contributed by atoms with E-state index in [1.807, 2.05) is 36.4 Å². The fraction of sp³-hybridized carbons (Fsp3) is 0.188. The molecule has 4 rings (SSSR count). The van der Waals surface area contributed by atoms with Crippen molar-refractivity contribution in [1.29, 1.82) is 0 Å². The molecule has 9 heteroatoms. The minimum absolute atomic E-state index is 0.0975. The van der Waals surface area contributed by atoms with Crippen molar-refractivity contribution in [2.24, 2.45) is 0 Å². The van der Waals surface area contributed by atoms with Gasteiger partial charge in [-0.2, -0.15) is 0 Å². The third-order valence-electron chi connectivity index (χ3n) is 6.54. The smallest absolute Gasteiger partial charge is 0.412 e. The van der Waals surface area contributed by atoms with E-state index in [1.165, 1.54) is 26.4 Å². The van der Waals surface area contributed by atoms with Crippen LogP contribution in [0.15, 0.2) is 97.1 Å². The van der Waals surface area contributed by atoms with Gasteiger partial charge in [-0.25, -0.2) is 4.79 Å². The van der Waals surface area contributed by atoms with E-state index in [0.717, 1.165) is 10.8 Å². The molecule has 0 aliphatic rings. The van der Waals surface area contributed by atoms with Crippen LogP contribution in [0.5, 0.6) is 11.5 Å². The lowest BCUT2D eigenvalue weighted by Crippen LogP contribution is -2.28. The van der Waals surface area contributed by atoms with E-state index in [2.05, 4.69) is 10.6 Å². The maximum Gasteiger partial charge on any atom is 0.412 e. The summed E-state index contributed by atoms with van der Waals surface area (Å²) in [5, 5.41) is 17.8. The molecule has 0 unspecified atom stereocenters. The Morgan fingerprint density at radius 3 is 2.41 bits per heavy atom. The number of hydrogen-bond donors (Lipinski definition) is 4.